The third-order valence-electron chi connectivity index (χ3n) is 9.49. The topological polar surface area (TPSA) is 0 Å². The molecule has 17 heavy (non-hydrogen) atoms. The quantitative estimate of drug-likeness (QED) is 0.585. The molecule has 0 N–H and O–H groups in total. The molecule has 8 bridgehead atoms. The van der Waals surface area contributed by atoms with Crippen molar-refractivity contribution < 1.29 is 0 Å². The second-order valence-corrected chi connectivity index (χ2v) is 9.11. The standard InChI is InChI=1S/C17H24/c1-9-5-11-14-16-3-4-17(14)12(6-9)15(11,2)10(8-16)7-13(16)17/h9-14H,3-8H2,1-2H3. The van der Waals surface area contributed by atoms with E-state index in [1.165, 1.54) is 11.8 Å². The Morgan fingerprint density at radius 2 is 1.88 bits per heavy atom. The summed E-state index contributed by atoms with van der Waals surface area (Å²) in [4.78, 5) is 0. The number of hydrogen-bond acceptors (Lipinski definition) is 0. The van der Waals surface area contributed by atoms with Crippen molar-refractivity contribution in [1.82, 2.24) is 0 Å². The van der Waals surface area contributed by atoms with E-state index < -0.39 is 0 Å². The number of rotatable bonds is 0. The van der Waals surface area contributed by atoms with Gasteiger partial charge in [0.2, 0.25) is 0 Å². The van der Waals surface area contributed by atoms with Crippen LogP contribution in [0.2, 0.25) is 0 Å². The van der Waals surface area contributed by atoms with Gasteiger partial charge < -0.3 is 0 Å². The highest BCUT2D eigenvalue weighted by atomic mass is 15.0. The van der Waals surface area contributed by atoms with E-state index in [1.54, 1.807) is 38.5 Å². The molecule has 0 radical (unpaired) electrons. The van der Waals surface area contributed by atoms with Gasteiger partial charge in [-0.2, -0.15) is 0 Å². The number of hydrogen-bond donors (Lipinski definition) is 0. The minimum Gasteiger partial charge on any atom is -0.0625 e. The van der Waals surface area contributed by atoms with Crippen molar-refractivity contribution in [1.29, 1.82) is 0 Å². The van der Waals surface area contributed by atoms with E-state index in [0.717, 1.165) is 39.9 Å². The lowest BCUT2D eigenvalue weighted by atomic mass is 9.44. The van der Waals surface area contributed by atoms with Gasteiger partial charge in [0.25, 0.3) is 0 Å². The fraction of sp³-hybridized carbons (Fsp3) is 1.00. The molecule has 92 valence electrons. The molecule has 8 aliphatic carbocycles. The van der Waals surface area contributed by atoms with Crippen LogP contribution in [0.1, 0.15) is 52.4 Å². The molecule has 0 nitrogen and oxygen atoms in total. The molecule has 0 aliphatic heterocycles. The Hall–Kier alpha value is 0. The largest absolute Gasteiger partial charge is 0.0625 e. The molecule has 8 rings (SSSR count). The monoisotopic (exact) mass is 228 g/mol. The first-order chi connectivity index (χ1) is 8.14. The molecular formula is C17H24. The molecule has 2 spiro atoms. The lowest BCUT2D eigenvalue weighted by Crippen LogP contribution is -2.55. The highest BCUT2D eigenvalue weighted by Crippen LogP contribution is 2.97. The Labute approximate surface area is 105 Å². The second kappa shape index (κ2) is 2.04. The van der Waals surface area contributed by atoms with E-state index in [9.17, 15) is 0 Å². The highest BCUT2D eigenvalue weighted by molar-refractivity contribution is 5.39. The van der Waals surface area contributed by atoms with Crippen LogP contribution in [-0.4, -0.2) is 0 Å². The molecule has 0 aromatic carbocycles. The van der Waals surface area contributed by atoms with Gasteiger partial charge in [0.15, 0.2) is 0 Å². The second-order valence-electron chi connectivity index (χ2n) is 9.11. The molecule has 0 saturated heterocycles. The van der Waals surface area contributed by atoms with Crippen LogP contribution in [-0.2, 0) is 0 Å². The van der Waals surface area contributed by atoms with Crippen molar-refractivity contribution in [2.45, 2.75) is 52.4 Å². The molecule has 8 fully saturated rings. The van der Waals surface area contributed by atoms with Gasteiger partial charge in [-0.1, -0.05) is 13.8 Å². The molecular weight excluding hydrogens is 204 g/mol. The Kier molecular flexibility index (Phi) is 1.08. The van der Waals surface area contributed by atoms with Crippen LogP contribution < -0.4 is 0 Å². The summed E-state index contributed by atoms with van der Waals surface area (Å²) in [6.07, 6.45) is 9.84. The van der Waals surface area contributed by atoms with Gasteiger partial charge >= 0.3 is 0 Å². The van der Waals surface area contributed by atoms with Crippen LogP contribution in [0.15, 0.2) is 0 Å². The maximum atomic E-state index is 2.74. The summed E-state index contributed by atoms with van der Waals surface area (Å²) >= 11 is 0. The molecule has 9 atom stereocenters. The van der Waals surface area contributed by atoms with Crippen molar-refractivity contribution in [3.05, 3.63) is 0 Å². The van der Waals surface area contributed by atoms with Crippen LogP contribution in [0.4, 0.5) is 0 Å². The molecule has 0 heterocycles. The van der Waals surface area contributed by atoms with E-state index in [-0.39, 0.29) is 0 Å². The van der Waals surface area contributed by atoms with Crippen molar-refractivity contribution in [3.8, 4) is 0 Å². The zero-order valence-electron chi connectivity index (χ0n) is 11.2. The first kappa shape index (κ1) is 8.99. The summed E-state index contributed by atoms with van der Waals surface area (Å²) in [5, 5.41) is 0. The third-order valence-corrected chi connectivity index (χ3v) is 9.49. The molecule has 0 aromatic rings. The number of fused-ring (bicyclic) bond motifs is 1. The van der Waals surface area contributed by atoms with Gasteiger partial charge in [-0.3, -0.25) is 0 Å². The first-order valence-electron chi connectivity index (χ1n) is 8.14. The van der Waals surface area contributed by atoms with Gasteiger partial charge in [-0.05, 0) is 90.3 Å². The summed E-state index contributed by atoms with van der Waals surface area (Å²) in [7, 11) is 0. The van der Waals surface area contributed by atoms with Crippen molar-refractivity contribution >= 4 is 0 Å². The predicted molar refractivity (Wildman–Crippen MR) is 67.3 cm³/mol. The average molecular weight is 228 g/mol. The molecule has 8 aliphatic rings. The smallest absolute Gasteiger partial charge is 0.0193 e. The zero-order chi connectivity index (χ0) is 11.2. The van der Waals surface area contributed by atoms with Crippen molar-refractivity contribution in [2.24, 2.45) is 51.8 Å². The fourth-order valence-electron chi connectivity index (χ4n) is 9.63. The average Bonchev–Trinajstić information content (AvgIpc) is 2.83. The Morgan fingerprint density at radius 1 is 1.00 bits per heavy atom. The van der Waals surface area contributed by atoms with Gasteiger partial charge in [0, 0.05) is 0 Å². The van der Waals surface area contributed by atoms with E-state index in [4.69, 9.17) is 0 Å². The van der Waals surface area contributed by atoms with Crippen LogP contribution in [0.5, 0.6) is 0 Å². The summed E-state index contributed by atoms with van der Waals surface area (Å²) in [6, 6.07) is 0. The van der Waals surface area contributed by atoms with E-state index in [0.29, 0.717) is 0 Å². The molecule has 0 heteroatoms. The van der Waals surface area contributed by atoms with Crippen LogP contribution >= 0.6 is 0 Å². The van der Waals surface area contributed by atoms with Crippen LogP contribution in [0.25, 0.3) is 0 Å². The maximum absolute atomic E-state index is 2.74. The molecule has 0 amide bonds. The summed E-state index contributed by atoms with van der Waals surface area (Å²) in [6.45, 7) is 5.29. The lowest BCUT2D eigenvalue weighted by molar-refractivity contribution is -0.128. The van der Waals surface area contributed by atoms with Crippen molar-refractivity contribution in [2.75, 3.05) is 0 Å². The van der Waals surface area contributed by atoms with Gasteiger partial charge in [-0.25, -0.2) is 0 Å². The normalized spacial score (nSPS) is 80.8. The molecule has 0 aromatic heterocycles. The molecule has 8 saturated carbocycles. The van der Waals surface area contributed by atoms with E-state index in [2.05, 4.69) is 13.8 Å². The van der Waals surface area contributed by atoms with Crippen LogP contribution in [0.3, 0.4) is 0 Å². The van der Waals surface area contributed by atoms with E-state index >= 15 is 0 Å². The third kappa shape index (κ3) is 0.543. The lowest BCUT2D eigenvalue weighted by Gasteiger charge is -2.60. The molecule has 9 unspecified atom stereocenters. The van der Waals surface area contributed by atoms with Gasteiger partial charge in [0.05, 0.1) is 0 Å². The van der Waals surface area contributed by atoms with Crippen molar-refractivity contribution in [3.63, 3.8) is 0 Å². The Morgan fingerprint density at radius 3 is 2.76 bits per heavy atom. The summed E-state index contributed by atoms with van der Waals surface area (Å²) in [5.41, 5.74) is 2.65. The minimum atomic E-state index is 0.814. The highest BCUT2D eigenvalue weighted by Gasteiger charge is 2.91. The Bertz CT molecular complexity index is 453. The van der Waals surface area contributed by atoms with Gasteiger partial charge in [0.1, 0.15) is 0 Å². The summed E-state index contributed by atoms with van der Waals surface area (Å²) < 4.78 is 0. The van der Waals surface area contributed by atoms with Crippen LogP contribution in [0, 0.1) is 51.8 Å². The fourth-order valence-corrected chi connectivity index (χ4v) is 9.63. The first-order valence-corrected chi connectivity index (χ1v) is 8.14. The predicted octanol–water partition coefficient (Wildman–Crippen LogP) is 4.10. The summed E-state index contributed by atoms with van der Waals surface area (Å²) in [5.74, 6) is 6.97. The maximum Gasteiger partial charge on any atom is -0.0193 e. The zero-order valence-corrected chi connectivity index (χ0v) is 11.2. The van der Waals surface area contributed by atoms with Gasteiger partial charge in [-0.15, -0.1) is 0 Å². The van der Waals surface area contributed by atoms with E-state index in [1.807, 2.05) is 0 Å². The SMILES string of the molecule is CC1CC2C3C45CCC36C4CC(C5)C2(C)C6C1. The minimum absolute atomic E-state index is 0.814. The Balaban J connectivity index is 1.69.